The maximum atomic E-state index is 13.5. The van der Waals surface area contributed by atoms with Gasteiger partial charge in [0.25, 0.3) is 0 Å². The second kappa shape index (κ2) is 13.7. The normalized spacial score (nSPS) is 13.8. The van der Waals surface area contributed by atoms with Gasteiger partial charge in [-0.1, -0.05) is 61.2 Å². The van der Waals surface area contributed by atoms with Gasteiger partial charge in [0, 0.05) is 12.2 Å². The fourth-order valence-corrected chi connectivity index (χ4v) is 3.78. The zero-order valence-electron chi connectivity index (χ0n) is 21.8. The predicted octanol–water partition coefficient (Wildman–Crippen LogP) is 8.12. The third-order valence-corrected chi connectivity index (χ3v) is 6.18. The third-order valence-electron chi connectivity index (χ3n) is 6.18. The van der Waals surface area contributed by atoms with Crippen LogP contribution in [0.25, 0.3) is 5.57 Å². The lowest BCUT2D eigenvalue weighted by molar-refractivity contribution is -0.104. The Morgan fingerprint density at radius 2 is 1.74 bits per heavy atom. The van der Waals surface area contributed by atoms with Gasteiger partial charge >= 0.3 is 6.18 Å². The lowest BCUT2D eigenvalue weighted by Crippen LogP contribution is -2.11. The number of rotatable bonds is 9. The Balaban J connectivity index is 0.000000216. The average molecular weight is 537 g/mol. The Hall–Kier alpha value is -3.97. The van der Waals surface area contributed by atoms with Crippen LogP contribution in [-0.4, -0.2) is 12.5 Å². The first-order chi connectivity index (χ1) is 18.6. The highest BCUT2D eigenvalue weighted by Crippen LogP contribution is 2.35. The molecule has 0 heterocycles. The van der Waals surface area contributed by atoms with Crippen molar-refractivity contribution >= 4 is 17.5 Å². The van der Waals surface area contributed by atoms with Crippen molar-refractivity contribution in [1.29, 1.82) is 0 Å². The number of hydrogen-bond donors (Lipinski definition) is 2. The van der Waals surface area contributed by atoms with Gasteiger partial charge in [0.05, 0.1) is 11.3 Å². The van der Waals surface area contributed by atoms with Gasteiger partial charge in [0.15, 0.2) is 6.29 Å². The minimum absolute atomic E-state index is 0.136. The second-order valence-electron chi connectivity index (χ2n) is 9.40. The number of nitrogens with two attached hydrogens (primary N) is 1. The molecule has 4 rings (SSSR count). The minimum atomic E-state index is -4.56. The SMILES string of the molecule is C=C(/C=C(/C=O)Nc1cccc(CN)c1)C(F)(F)F.Cc1cc(/C(=C\CC2CC2)c2ccccc2)ccc1F. The van der Waals surface area contributed by atoms with Crippen LogP contribution in [0.2, 0.25) is 0 Å². The van der Waals surface area contributed by atoms with Crippen LogP contribution in [-0.2, 0) is 11.3 Å². The number of nitrogens with one attached hydrogen (secondary N) is 1. The molecule has 7 heteroatoms. The Morgan fingerprint density at radius 3 is 2.33 bits per heavy atom. The van der Waals surface area contributed by atoms with E-state index in [9.17, 15) is 22.4 Å². The number of alkyl halides is 3. The molecule has 3 nitrogen and oxygen atoms in total. The highest BCUT2D eigenvalue weighted by Gasteiger charge is 2.30. The first-order valence-corrected chi connectivity index (χ1v) is 12.6. The van der Waals surface area contributed by atoms with Gasteiger partial charge in [-0.2, -0.15) is 13.2 Å². The highest BCUT2D eigenvalue weighted by atomic mass is 19.4. The predicted molar refractivity (Wildman–Crippen MR) is 149 cm³/mol. The largest absolute Gasteiger partial charge is 0.415 e. The molecule has 39 heavy (non-hydrogen) atoms. The molecule has 3 aromatic carbocycles. The maximum absolute atomic E-state index is 13.5. The molecule has 3 aromatic rings. The fourth-order valence-electron chi connectivity index (χ4n) is 3.78. The summed E-state index contributed by atoms with van der Waals surface area (Å²) in [6.07, 6.45) is 2.53. The summed E-state index contributed by atoms with van der Waals surface area (Å²) < 4.78 is 50.4. The van der Waals surface area contributed by atoms with Crippen LogP contribution in [0.1, 0.15) is 41.5 Å². The molecule has 1 aliphatic carbocycles. The summed E-state index contributed by atoms with van der Waals surface area (Å²) in [5, 5.41) is 2.58. The fraction of sp³-hybridized carbons (Fsp3) is 0.219. The van der Waals surface area contributed by atoms with E-state index in [1.165, 1.54) is 24.0 Å². The number of aldehydes is 1. The van der Waals surface area contributed by atoms with Crippen molar-refractivity contribution in [3.8, 4) is 0 Å². The smallest absolute Gasteiger partial charge is 0.353 e. The van der Waals surface area contributed by atoms with E-state index >= 15 is 0 Å². The van der Waals surface area contributed by atoms with E-state index < -0.39 is 11.7 Å². The van der Waals surface area contributed by atoms with E-state index in [1.54, 1.807) is 30.3 Å². The summed E-state index contributed by atoms with van der Waals surface area (Å²) in [6, 6.07) is 22.5. The van der Waals surface area contributed by atoms with Crippen LogP contribution < -0.4 is 11.1 Å². The van der Waals surface area contributed by atoms with Gasteiger partial charge in [-0.3, -0.25) is 4.79 Å². The summed E-state index contributed by atoms with van der Waals surface area (Å²) in [6.45, 7) is 4.99. The molecule has 1 aliphatic rings. The molecule has 0 aromatic heterocycles. The van der Waals surface area contributed by atoms with E-state index in [-0.39, 0.29) is 11.5 Å². The quantitative estimate of drug-likeness (QED) is 0.126. The number of halogens is 4. The zero-order chi connectivity index (χ0) is 28.4. The molecule has 1 saturated carbocycles. The molecule has 0 saturated heterocycles. The number of benzene rings is 3. The van der Waals surface area contributed by atoms with E-state index in [0.29, 0.717) is 30.2 Å². The van der Waals surface area contributed by atoms with Crippen molar-refractivity contribution in [1.82, 2.24) is 0 Å². The Kier molecular flexibility index (Phi) is 10.4. The van der Waals surface area contributed by atoms with Crippen molar-refractivity contribution in [3.05, 3.63) is 131 Å². The van der Waals surface area contributed by atoms with Crippen molar-refractivity contribution in [2.24, 2.45) is 11.7 Å². The first kappa shape index (κ1) is 29.6. The molecule has 204 valence electrons. The molecule has 0 radical (unpaired) electrons. The molecule has 0 spiro atoms. The standard InChI is InChI=1S/C19H19F.C13H13F3N2O/c1-14-13-17(10-12-19(14)20)18(11-9-15-7-8-15)16-5-3-2-4-6-16;1-9(13(14,15)16)5-12(8-19)18-11-4-2-3-10(6-11)7-17/h2-6,10-13,15H,7-9H2,1H3;2-6,8,18H,1,7,17H2/b18-11-;12-5-. The number of carbonyl (C=O) groups excluding carboxylic acids is 1. The molecule has 0 amide bonds. The molecule has 3 N–H and O–H groups in total. The minimum Gasteiger partial charge on any atom is -0.353 e. The van der Waals surface area contributed by atoms with Gasteiger partial charge in [-0.05, 0) is 90.3 Å². The number of allylic oxidation sites excluding steroid dienone is 4. The Morgan fingerprint density at radius 1 is 1.03 bits per heavy atom. The number of anilines is 1. The molecule has 1 fully saturated rings. The molecule has 0 bridgehead atoms. The summed E-state index contributed by atoms with van der Waals surface area (Å²) in [5.74, 6) is 0.721. The summed E-state index contributed by atoms with van der Waals surface area (Å²) in [4.78, 5) is 10.8. The van der Waals surface area contributed by atoms with Gasteiger partial charge in [0.2, 0.25) is 0 Å². The molecule has 0 unspecified atom stereocenters. The van der Waals surface area contributed by atoms with E-state index in [4.69, 9.17) is 5.73 Å². The molecular formula is C32H32F4N2O. The van der Waals surface area contributed by atoms with Crippen LogP contribution in [0.5, 0.6) is 0 Å². The molecule has 0 atom stereocenters. The summed E-state index contributed by atoms with van der Waals surface area (Å²) in [5.41, 5.74) is 9.64. The van der Waals surface area contributed by atoms with Gasteiger partial charge in [-0.15, -0.1) is 0 Å². The monoisotopic (exact) mass is 536 g/mol. The van der Waals surface area contributed by atoms with Crippen LogP contribution >= 0.6 is 0 Å². The third kappa shape index (κ3) is 9.37. The van der Waals surface area contributed by atoms with Gasteiger partial charge in [0.1, 0.15) is 5.82 Å². The number of hydrogen-bond acceptors (Lipinski definition) is 3. The maximum Gasteiger partial charge on any atom is 0.415 e. The summed E-state index contributed by atoms with van der Waals surface area (Å²) in [7, 11) is 0. The lowest BCUT2D eigenvalue weighted by atomic mass is 9.95. The zero-order valence-corrected chi connectivity index (χ0v) is 21.8. The lowest BCUT2D eigenvalue weighted by Gasteiger charge is -2.10. The van der Waals surface area contributed by atoms with Gasteiger partial charge in [-0.25, -0.2) is 4.39 Å². The topological polar surface area (TPSA) is 55.1 Å². The van der Waals surface area contributed by atoms with Crippen LogP contribution in [0.3, 0.4) is 0 Å². The average Bonchev–Trinajstić information content (AvgIpc) is 3.75. The Labute approximate surface area is 226 Å². The van der Waals surface area contributed by atoms with Gasteiger partial charge < -0.3 is 11.1 Å². The van der Waals surface area contributed by atoms with Crippen LogP contribution in [0, 0.1) is 18.7 Å². The number of aryl methyl sites for hydroxylation is 1. The Bertz CT molecular complexity index is 1340. The van der Waals surface area contributed by atoms with E-state index in [0.717, 1.165) is 23.5 Å². The first-order valence-electron chi connectivity index (χ1n) is 12.6. The van der Waals surface area contributed by atoms with Crippen molar-refractivity contribution < 1.29 is 22.4 Å². The summed E-state index contributed by atoms with van der Waals surface area (Å²) >= 11 is 0. The van der Waals surface area contributed by atoms with Crippen molar-refractivity contribution in [3.63, 3.8) is 0 Å². The highest BCUT2D eigenvalue weighted by molar-refractivity contribution is 5.80. The number of carbonyl (C=O) groups is 1. The van der Waals surface area contributed by atoms with Crippen LogP contribution in [0.4, 0.5) is 23.2 Å². The molecule has 0 aliphatic heterocycles. The van der Waals surface area contributed by atoms with E-state index in [1.807, 2.05) is 25.1 Å². The van der Waals surface area contributed by atoms with E-state index in [2.05, 4.69) is 42.2 Å². The molecular weight excluding hydrogens is 504 g/mol. The van der Waals surface area contributed by atoms with Crippen LogP contribution in [0.15, 0.2) is 103 Å². The van der Waals surface area contributed by atoms with Crippen molar-refractivity contribution in [2.75, 3.05) is 5.32 Å². The second-order valence-corrected chi connectivity index (χ2v) is 9.40. The van der Waals surface area contributed by atoms with Crippen molar-refractivity contribution in [2.45, 2.75) is 38.9 Å².